The second-order valence-electron chi connectivity index (χ2n) is 5.05. The molecular weight excluding hydrogens is 240 g/mol. The first kappa shape index (κ1) is 11.0. The molecule has 2 unspecified atom stereocenters. The first-order valence-corrected chi connectivity index (χ1v) is 7.76. The van der Waals surface area contributed by atoms with E-state index in [1.165, 1.54) is 37.0 Å². The van der Waals surface area contributed by atoms with Crippen LogP contribution in [0, 0.1) is 5.41 Å². The van der Waals surface area contributed by atoms with Gasteiger partial charge in [-0.25, -0.2) is 4.98 Å². The van der Waals surface area contributed by atoms with E-state index in [9.17, 15) is 4.55 Å². The Kier molecular flexibility index (Phi) is 2.74. The molecule has 2 atom stereocenters. The zero-order valence-electron chi connectivity index (χ0n) is 9.39. The Bertz CT molecular complexity index is 364. The van der Waals surface area contributed by atoms with Crippen LogP contribution in [0.5, 0.6) is 0 Å². The summed E-state index contributed by atoms with van der Waals surface area (Å²) in [5.74, 6) is 0. The first-order valence-electron chi connectivity index (χ1n) is 5.77. The standard InChI is InChI=1S/C11H16N2OS2/c1-9-5-11(3-2-4-11)7-13(9)16(14)10-6-12-8-15-10/h6,8-9H,2-5,7H2,1H3. The molecule has 2 fully saturated rings. The largest absolute Gasteiger partial charge is 0.592 e. The van der Waals surface area contributed by atoms with E-state index in [0.717, 1.165) is 10.8 Å². The van der Waals surface area contributed by atoms with Gasteiger partial charge in [-0.15, -0.1) is 4.31 Å². The summed E-state index contributed by atoms with van der Waals surface area (Å²) in [5, 5.41) is 0. The molecule has 3 nitrogen and oxygen atoms in total. The number of hydrogen-bond donors (Lipinski definition) is 0. The van der Waals surface area contributed by atoms with Gasteiger partial charge in [0.15, 0.2) is 0 Å². The molecule has 0 N–H and O–H groups in total. The Labute approximate surface area is 103 Å². The summed E-state index contributed by atoms with van der Waals surface area (Å²) in [6, 6.07) is 0.447. The van der Waals surface area contributed by atoms with Gasteiger partial charge in [0.05, 0.1) is 35.7 Å². The molecular formula is C11H16N2OS2. The lowest BCUT2D eigenvalue weighted by atomic mass is 9.68. The number of rotatable bonds is 2. The summed E-state index contributed by atoms with van der Waals surface area (Å²) in [7, 11) is 0. The van der Waals surface area contributed by atoms with Gasteiger partial charge in [-0.05, 0) is 31.6 Å². The average Bonchev–Trinajstić information content (AvgIpc) is 2.82. The fraction of sp³-hybridized carbons (Fsp3) is 0.727. The zero-order chi connectivity index (χ0) is 11.2. The second kappa shape index (κ2) is 3.98. The Morgan fingerprint density at radius 3 is 2.94 bits per heavy atom. The summed E-state index contributed by atoms with van der Waals surface area (Å²) in [6.07, 6.45) is 6.96. The van der Waals surface area contributed by atoms with E-state index in [4.69, 9.17) is 0 Å². The predicted octanol–water partition coefficient (Wildman–Crippen LogP) is 2.43. The van der Waals surface area contributed by atoms with Crippen molar-refractivity contribution in [3.8, 4) is 0 Å². The Morgan fingerprint density at radius 1 is 1.62 bits per heavy atom. The minimum atomic E-state index is -0.983. The van der Waals surface area contributed by atoms with Crippen molar-refractivity contribution in [2.45, 2.75) is 42.9 Å². The average molecular weight is 256 g/mol. The third kappa shape index (κ3) is 1.70. The monoisotopic (exact) mass is 256 g/mol. The van der Waals surface area contributed by atoms with Crippen molar-refractivity contribution < 1.29 is 4.55 Å². The van der Waals surface area contributed by atoms with Gasteiger partial charge in [-0.3, -0.25) is 0 Å². The molecule has 2 aliphatic rings. The molecule has 1 aliphatic carbocycles. The van der Waals surface area contributed by atoms with E-state index in [2.05, 4.69) is 16.2 Å². The van der Waals surface area contributed by atoms with Crippen LogP contribution in [0.15, 0.2) is 15.9 Å². The quantitative estimate of drug-likeness (QED) is 0.763. The molecule has 1 spiro atoms. The van der Waals surface area contributed by atoms with Crippen molar-refractivity contribution in [2.75, 3.05) is 6.54 Å². The van der Waals surface area contributed by atoms with E-state index in [1.807, 2.05) is 0 Å². The lowest BCUT2D eigenvalue weighted by molar-refractivity contribution is 0.152. The van der Waals surface area contributed by atoms with Crippen molar-refractivity contribution in [2.24, 2.45) is 5.41 Å². The molecule has 1 aromatic heterocycles. The molecule has 1 saturated carbocycles. The van der Waals surface area contributed by atoms with E-state index in [1.54, 1.807) is 11.7 Å². The molecule has 0 radical (unpaired) electrons. The Hall–Kier alpha value is -0.100. The van der Waals surface area contributed by atoms with Crippen molar-refractivity contribution in [1.82, 2.24) is 9.29 Å². The van der Waals surface area contributed by atoms with Gasteiger partial charge in [-0.2, -0.15) is 0 Å². The molecule has 2 heterocycles. The molecule has 5 heteroatoms. The van der Waals surface area contributed by atoms with Crippen molar-refractivity contribution in [1.29, 1.82) is 0 Å². The van der Waals surface area contributed by atoms with Crippen LogP contribution in [-0.4, -0.2) is 26.4 Å². The predicted molar refractivity (Wildman–Crippen MR) is 65.6 cm³/mol. The van der Waals surface area contributed by atoms with Gasteiger partial charge < -0.3 is 4.55 Å². The third-order valence-corrected chi connectivity index (χ3v) is 6.57. The topological polar surface area (TPSA) is 39.2 Å². The van der Waals surface area contributed by atoms with Crippen LogP contribution in [0.25, 0.3) is 0 Å². The molecule has 0 bridgehead atoms. The minimum absolute atomic E-state index is 0.447. The highest BCUT2D eigenvalue weighted by atomic mass is 32.2. The second-order valence-corrected chi connectivity index (χ2v) is 7.60. The maximum atomic E-state index is 12.4. The van der Waals surface area contributed by atoms with Gasteiger partial charge in [-0.1, -0.05) is 17.8 Å². The summed E-state index contributed by atoms with van der Waals surface area (Å²) in [5.41, 5.74) is 2.26. The van der Waals surface area contributed by atoms with Crippen molar-refractivity contribution in [3.05, 3.63) is 11.7 Å². The van der Waals surface area contributed by atoms with Gasteiger partial charge >= 0.3 is 0 Å². The minimum Gasteiger partial charge on any atom is -0.592 e. The smallest absolute Gasteiger partial charge is 0.247 e. The van der Waals surface area contributed by atoms with E-state index >= 15 is 0 Å². The third-order valence-electron chi connectivity index (χ3n) is 3.92. The van der Waals surface area contributed by atoms with Crippen molar-refractivity contribution in [3.63, 3.8) is 0 Å². The van der Waals surface area contributed by atoms with Crippen LogP contribution >= 0.6 is 11.3 Å². The van der Waals surface area contributed by atoms with Gasteiger partial charge in [0, 0.05) is 0 Å². The fourth-order valence-corrected chi connectivity index (χ4v) is 5.21. The zero-order valence-corrected chi connectivity index (χ0v) is 11.0. The van der Waals surface area contributed by atoms with Gasteiger partial charge in [0.25, 0.3) is 0 Å². The van der Waals surface area contributed by atoms with Crippen LogP contribution in [0.1, 0.15) is 32.6 Å². The van der Waals surface area contributed by atoms with Crippen LogP contribution in [-0.2, 0) is 11.4 Å². The van der Waals surface area contributed by atoms with Crippen LogP contribution in [0.3, 0.4) is 0 Å². The molecule has 3 rings (SSSR count). The molecule has 1 saturated heterocycles. The Morgan fingerprint density at radius 2 is 2.44 bits per heavy atom. The summed E-state index contributed by atoms with van der Waals surface area (Å²) < 4.78 is 15.4. The highest BCUT2D eigenvalue weighted by Gasteiger charge is 2.50. The number of nitrogens with zero attached hydrogens (tertiary/aromatic N) is 2. The molecule has 0 amide bonds. The summed E-state index contributed by atoms with van der Waals surface area (Å²) >= 11 is 0.510. The molecule has 1 aliphatic heterocycles. The lowest BCUT2D eigenvalue weighted by Crippen LogP contribution is -2.37. The Balaban J connectivity index is 1.75. The molecule has 0 aromatic carbocycles. The van der Waals surface area contributed by atoms with Crippen molar-refractivity contribution >= 4 is 22.7 Å². The highest BCUT2D eigenvalue weighted by molar-refractivity contribution is 7.91. The van der Waals surface area contributed by atoms with Gasteiger partial charge in [0.2, 0.25) is 4.21 Å². The van der Waals surface area contributed by atoms with Crippen LogP contribution in [0.4, 0.5) is 0 Å². The molecule has 1 aromatic rings. The SMILES string of the molecule is CC1CC2(CCC2)CN1[S+]([O-])c1cncs1. The summed E-state index contributed by atoms with van der Waals surface area (Å²) in [6.45, 7) is 3.21. The van der Waals surface area contributed by atoms with Gasteiger partial charge in [0.1, 0.15) is 0 Å². The lowest BCUT2D eigenvalue weighted by Gasteiger charge is -2.37. The summed E-state index contributed by atoms with van der Waals surface area (Å²) in [4.78, 5) is 4.01. The number of aromatic nitrogens is 1. The van der Waals surface area contributed by atoms with E-state index in [-0.39, 0.29) is 0 Å². The number of hydrogen-bond acceptors (Lipinski definition) is 4. The van der Waals surface area contributed by atoms with E-state index < -0.39 is 11.4 Å². The number of thiazole rings is 1. The fourth-order valence-electron chi connectivity index (χ4n) is 2.95. The normalized spacial score (nSPS) is 30.5. The van der Waals surface area contributed by atoms with Crippen LogP contribution < -0.4 is 0 Å². The van der Waals surface area contributed by atoms with Crippen LogP contribution in [0.2, 0.25) is 0 Å². The molecule has 88 valence electrons. The maximum Gasteiger partial charge on any atom is 0.247 e. The van der Waals surface area contributed by atoms with E-state index in [0.29, 0.717) is 11.5 Å². The highest BCUT2D eigenvalue weighted by Crippen LogP contribution is 2.51. The molecule has 16 heavy (non-hydrogen) atoms. The maximum absolute atomic E-state index is 12.4. The first-order chi connectivity index (χ1) is 7.70.